The molecular formula is C47H40N4. The van der Waals surface area contributed by atoms with E-state index in [0.717, 1.165) is 45.2 Å². The molecule has 0 saturated heterocycles. The molecule has 9 rings (SSSR count). The second kappa shape index (κ2) is 12.6. The average Bonchev–Trinajstić information content (AvgIpc) is 3.16. The molecular weight excluding hydrogens is 621 g/mol. The van der Waals surface area contributed by atoms with Crippen molar-refractivity contribution in [1.29, 1.82) is 5.26 Å². The van der Waals surface area contributed by atoms with E-state index >= 15 is 0 Å². The van der Waals surface area contributed by atoms with E-state index in [-0.39, 0.29) is 5.41 Å². The molecule has 2 aliphatic rings. The van der Waals surface area contributed by atoms with Gasteiger partial charge in [0.1, 0.15) is 0 Å². The molecule has 4 nitrogen and oxygen atoms in total. The normalized spacial score (nSPS) is 21.4. The zero-order valence-corrected chi connectivity index (χ0v) is 29.2. The fourth-order valence-electron chi connectivity index (χ4n) is 9.57. The van der Waals surface area contributed by atoms with E-state index in [9.17, 15) is 5.26 Å². The summed E-state index contributed by atoms with van der Waals surface area (Å²) in [5.74, 6) is 4.40. The molecule has 0 N–H and O–H groups in total. The summed E-state index contributed by atoms with van der Waals surface area (Å²) in [5.41, 5.74) is 7.53. The Morgan fingerprint density at radius 3 is 1.55 bits per heavy atom. The van der Waals surface area contributed by atoms with E-state index in [2.05, 4.69) is 92.7 Å². The lowest BCUT2D eigenvalue weighted by Gasteiger charge is -2.47. The second-order valence-electron chi connectivity index (χ2n) is 15.3. The predicted octanol–water partition coefficient (Wildman–Crippen LogP) is 11.8. The molecule has 2 bridgehead atoms. The van der Waals surface area contributed by atoms with Crippen LogP contribution in [0.4, 0.5) is 0 Å². The molecule has 6 aromatic carbocycles. The van der Waals surface area contributed by atoms with Crippen molar-refractivity contribution in [2.75, 3.05) is 0 Å². The van der Waals surface area contributed by atoms with Crippen LogP contribution in [0.15, 0.2) is 127 Å². The molecule has 2 saturated carbocycles. The van der Waals surface area contributed by atoms with Gasteiger partial charge in [0.2, 0.25) is 0 Å². The summed E-state index contributed by atoms with van der Waals surface area (Å²) < 4.78 is 0. The lowest BCUT2D eigenvalue weighted by Crippen LogP contribution is -2.38. The fourth-order valence-corrected chi connectivity index (χ4v) is 9.57. The first-order chi connectivity index (χ1) is 25.0. The van der Waals surface area contributed by atoms with Gasteiger partial charge in [0.25, 0.3) is 0 Å². The monoisotopic (exact) mass is 660 g/mol. The highest BCUT2D eigenvalue weighted by Gasteiger charge is 2.41. The van der Waals surface area contributed by atoms with Crippen molar-refractivity contribution in [3.05, 3.63) is 139 Å². The molecule has 2 unspecified atom stereocenters. The highest BCUT2D eigenvalue weighted by atomic mass is 15.0. The lowest BCUT2D eigenvalue weighted by molar-refractivity contribution is 0.0899. The van der Waals surface area contributed by atoms with Gasteiger partial charge in [-0.05, 0) is 118 Å². The third-order valence-electron chi connectivity index (χ3n) is 11.6. The van der Waals surface area contributed by atoms with Gasteiger partial charge in [-0.2, -0.15) is 5.26 Å². The molecule has 0 spiro atoms. The Bertz CT molecular complexity index is 2370. The molecule has 2 aliphatic carbocycles. The number of hydrogen-bond acceptors (Lipinski definition) is 4. The van der Waals surface area contributed by atoms with Gasteiger partial charge in [0.15, 0.2) is 17.5 Å². The van der Waals surface area contributed by atoms with Crippen LogP contribution >= 0.6 is 0 Å². The highest BCUT2D eigenvalue weighted by Crippen LogP contribution is 2.52. The predicted molar refractivity (Wildman–Crippen MR) is 208 cm³/mol. The minimum Gasteiger partial charge on any atom is -0.208 e. The molecule has 4 atom stereocenters. The molecule has 1 heterocycles. The molecule has 0 amide bonds. The fraction of sp³-hybridized carbons (Fsp3) is 0.234. The van der Waals surface area contributed by atoms with Crippen LogP contribution in [0.5, 0.6) is 0 Å². The van der Waals surface area contributed by atoms with Gasteiger partial charge in [0, 0.05) is 16.7 Å². The summed E-state index contributed by atoms with van der Waals surface area (Å²) in [6.07, 6.45) is 6.80. The van der Waals surface area contributed by atoms with Crippen LogP contribution in [-0.2, 0) is 5.41 Å². The Balaban J connectivity index is 1.21. The average molecular weight is 661 g/mol. The highest BCUT2D eigenvalue weighted by molar-refractivity contribution is 6.20. The molecule has 7 aromatic rings. The Morgan fingerprint density at radius 2 is 1.00 bits per heavy atom. The second-order valence-corrected chi connectivity index (χ2v) is 15.3. The first kappa shape index (κ1) is 31.3. The van der Waals surface area contributed by atoms with Crippen LogP contribution in [0.1, 0.15) is 57.1 Å². The van der Waals surface area contributed by atoms with Gasteiger partial charge in [-0.1, -0.05) is 117 Å². The Labute approximate surface area is 299 Å². The van der Waals surface area contributed by atoms with Crippen molar-refractivity contribution in [3.8, 4) is 51.4 Å². The number of rotatable bonds is 5. The number of nitrogens with zero attached hydrogens (tertiary/aromatic N) is 4. The Morgan fingerprint density at radius 1 is 0.529 bits per heavy atom. The smallest absolute Gasteiger partial charge is 0.165 e. The maximum Gasteiger partial charge on any atom is 0.165 e. The van der Waals surface area contributed by atoms with Crippen molar-refractivity contribution >= 4 is 21.5 Å². The number of fused-ring (bicyclic) bond motifs is 4. The molecule has 248 valence electrons. The summed E-state index contributed by atoms with van der Waals surface area (Å²) in [5, 5.41) is 14.0. The van der Waals surface area contributed by atoms with Crippen molar-refractivity contribution < 1.29 is 0 Å². The van der Waals surface area contributed by atoms with Gasteiger partial charge < -0.3 is 0 Å². The first-order valence-electron chi connectivity index (χ1n) is 18.3. The van der Waals surface area contributed by atoms with E-state index < -0.39 is 0 Å². The third-order valence-corrected chi connectivity index (χ3v) is 11.6. The molecule has 0 radical (unpaired) electrons. The van der Waals surface area contributed by atoms with E-state index in [4.69, 9.17) is 15.0 Å². The zero-order chi connectivity index (χ0) is 34.5. The van der Waals surface area contributed by atoms with Crippen LogP contribution in [0, 0.1) is 29.1 Å². The summed E-state index contributed by atoms with van der Waals surface area (Å²) in [4.78, 5) is 15.3. The topological polar surface area (TPSA) is 62.5 Å². The molecule has 2 fully saturated rings. The summed E-state index contributed by atoms with van der Waals surface area (Å²) in [6, 6.07) is 46.6. The van der Waals surface area contributed by atoms with E-state index in [1.54, 1.807) is 0 Å². The van der Waals surface area contributed by atoms with Crippen molar-refractivity contribution in [3.63, 3.8) is 0 Å². The van der Waals surface area contributed by atoms with Crippen LogP contribution in [0.2, 0.25) is 0 Å². The largest absolute Gasteiger partial charge is 0.208 e. The SMILES string of the molecule is C[C@@H]1CC2C[C@@H](C1)CC(C)(c1ccc(-c3c4ccccc4c(-c4nc(-c5ccccc5)nc(-c5ccc(C#N)cc5)n4)c4ccccc34)cc1)C2. The standard InChI is InChI=1S/C47H40N4/c1-30-24-32-26-33(25-30)28-47(2,27-32)37-22-20-34(21-23-37)42-38-12-6-8-14-40(38)43(41-15-9-7-13-39(41)42)46-50-44(35-10-4-3-5-11-35)49-45(51-46)36-18-16-31(29-48)17-19-36/h3-23,30,32-33H,24-28H2,1-2H3/t30-,32+,33?,47?/m0/s1. The molecule has 1 aromatic heterocycles. The van der Waals surface area contributed by atoms with Crippen LogP contribution in [-0.4, -0.2) is 15.0 Å². The Hall–Kier alpha value is -5.66. The summed E-state index contributed by atoms with van der Waals surface area (Å²) >= 11 is 0. The number of benzene rings is 6. The summed E-state index contributed by atoms with van der Waals surface area (Å²) in [7, 11) is 0. The van der Waals surface area contributed by atoms with E-state index in [1.165, 1.54) is 59.6 Å². The third kappa shape index (κ3) is 5.68. The Kier molecular flexibility index (Phi) is 7.73. The van der Waals surface area contributed by atoms with Crippen molar-refractivity contribution in [2.24, 2.45) is 17.8 Å². The van der Waals surface area contributed by atoms with E-state index in [1.807, 2.05) is 54.6 Å². The number of aromatic nitrogens is 3. The van der Waals surface area contributed by atoms with Crippen molar-refractivity contribution in [2.45, 2.75) is 51.4 Å². The van der Waals surface area contributed by atoms with Gasteiger partial charge in [-0.15, -0.1) is 0 Å². The molecule has 51 heavy (non-hydrogen) atoms. The van der Waals surface area contributed by atoms with Crippen LogP contribution in [0.25, 0.3) is 66.8 Å². The number of hydrogen-bond donors (Lipinski definition) is 0. The van der Waals surface area contributed by atoms with Gasteiger partial charge in [-0.3, -0.25) is 0 Å². The molecule has 4 heteroatoms. The van der Waals surface area contributed by atoms with Gasteiger partial charge >= 0.3 is 0 Å². The first-order valence-corrected chi connectivity index (χ1v) is 18.3. The quantitative estimate of drug-likeness (QED) is 0.172. The maximum atomic E-state index is 9.42. The minimum absolute atomic E-state index is 0.238. The zero-order valence-electron chi connectivity index (χ0n) is 29.2. The van der Waals surface area contributed by atoms with Gasteiger partial charge in [-0.25, -0.2) is 15.0 Å². The summed E-state index contributed by atoms with van der Waals surface area (Å²) in [6.45, 7) is 4.97. The van der Waals surface area contributed by atoms with Crippen LogP contribution < -0.4 is 0 Å². The maximum absolute atomic E-state index is 9.42. The minimum atomic E-state index is 0.238. The van der Waals surface area contributed by atoms with Crippen LogP contribution in [0.3, 0.4) is 0 Å². The molecule has 0 aliphatic heterocycles. The van der Waals surface area contributed by atoms with Crippen molar-refractivity contribution in [1.82, 2.24) is 15.0 Å². The van der Waals surface area contributed by atoms with E-state index in [0.29, 0.717) is 23.0 Å². The van der Waals surface area contributed by atoms with Gasteiger partial charge in [0.05, 0.1) is 11.6 Å². The number of nitriles is 1. The lowest BCUT2D eigenvalue weighted by atomic mass is 9.57.